The van der Waals surface area contributed by atoms with Crippen LogP contribution in [0.3, 0.4) is 0 Å². The maximum absolute atomic E-state index is 14.9. The highest BCUT2D eigenvalue weighted by Gasteiger charge is 2.41. The number of allylic oxidation sites excluding steroid dienone is 2. The number of alkyl halides is 3. The van der Waals surface area contributed by atoms with E-state index in [9.17, 15) is 27.2 Å². The van der Waals surface area contributed by atoms with E-state index in [1.807, 2.05) is 19.1 Å². The Bertz CT molecular complexity index is 1400. The molecule has 1 heterocycles. The summed E-state index contributed by atoms with van der Waals surface area (Å²) < 4.78 is 55.6. The fourth-order valence-corrected chi connectivity index (χ4v) is 6.07. The number of hydrogen-bond acceptors (Lipinski definition) is 3. The standard InChI is InChI=1S/C34H39F4N3O2/c1-5-24(39-25-11-6-7-12-25)17-16-23(4)31-27(32(42)40-26-18-15-21(2)28(20-26)34(36,37)38)13-9-19-41(31)33(43)30-22(3)10-8-14-29(30)35/h5,8,10,14-18,20,25,27,31,39H,4,6-7,9,11-13,19H2,1-3H3,(H,40,42)/b17-16-,24-5+/t27-,31-/m0/s1. The number of carbonyl (C=O) groups is 2. The summed E-state index contributed by atoms with van der Waals surface area (Å²) in [5.74, 6) is -2.57. The van der Waals surface area contributed by atoms with E-state index in [1.54, 1.807) is 19.1 Å². The molecule has 2 aliphatic rings. The van der Waals surface area contributed by atoms with Crippen molar-refractivity contribution in [3.8, 4) is 0 Å². The van der Waals surface area contributed by atoms with Crippen molar-refractivity contribution in [1.82, 2.24) is 10.2 Å². The Morgan fingerprint density at radius 3 is 2.37 bits per heavy atom. The third-order valence-corrected chi connectivity index (χ3v) is 8.37. The second-order valence-corrected chi connectivity index (χ2v) is 11.4. The molecule has 2 atom stereocenters. The number of nitrogens with zero attached hydrogens (tertiary/aromatic N) is 1. The van der Waals surface area contributed by atoms with E-state index in [4.69, 9.17) is 0 Å². The molecule has 0 bridgehead atoms. The zero-order valence-corrected chi connectivity index (χ0v) is 24.9. The molecule has 4 rings (SSSR count). The van der Waals surface area contributed by atoms with Gasteiger partial charge < -0.3 is 15.5 Å². The molecule has 9 heteroatoms. The van der Waals surface area contributed by atoms with Gasteiger partial charge in [0.1, 0.15) is 5.82 Å². The first-order valence-electron chi connectivity index (χ1n) is 14.7. The minimum absolute atomic E-state index is 0.00759. The van der Waals surface area contributed by atoms with Crippen molar-refractivity contribution in [1.29, 1.82) is 0 Å². The SMILES string of the molecule is C=C(/C=C\C(=C/C)NC1CCCC1)[C@H]1[C@@H](C(=O)Nc2ccc(C)c(C(F)(F)F)c2)CCCN1C(=O)c1c(C)cccc1F. The van der Waals surface area contributed by atoms with Crippen molar-refractivity contribution in [3.05, 3.63) is 101 Å². The third kappa shape index (κ3) is 7.56. The molecule has 2 aromatic carbocycles. The number of benzene rings is 2. The molecule has 43 heavy (non-hydrogen) atoms. The topological polar surface area (TPSA) is 61.4 Å². The maximum atomic E-state index is 14.9. The van der Waals surface area contributed by atoms with Crippen LogP contribution in [0.1, 0.15) is 72.5 Å². The van der Waals surface area contributed by atoms with Crippen LogP contribution in [0.2, 0.25) is 0 Å². The molecule has 2 amide bonds. The van der Waals surface area contributed by atoms with Gasteiger partial charge in [0.05, 0.1) is 23.1 Å². The first-order valence-corrected chi connectivity index (χ1v) is 14.7. The van der Waals surface area contributed by atoms with Gasteiger partial charge >= 0.3 is 6.18 Å². The number of aryl methyl sites for hydroxylation is 2. The van der Waals surface area contributed by atoms with Gasteiger partial charge in [-0.05, 0) is 87.4 Å². The summed E-state index contributed by atoms with van der Waals surface area (Å²) in [7, 11) is 0. The van der Waals surface area contributed by atoms with Crippen LogP contribution >= 0.6 is 0 Å². The van der Waals surface area contributed by atoms with E-state index >= 15 is 0 Å². The van der Waals surface area contributed by atoms with Crippen LogP contribution in [-0.2, 0) is 11.0 Å². The fourth-order valence-electron chi connectivity index (χ4n) is 6.07. The van der Waals surface area contributed by atoms with E-state index in [1.165, 1.54) is 48.9 Å². The predicted octanol–water partition coefficient (Wildman–Crippen LogP) is 7.87. The van der Waals surface area contributed by atoms with Crippen molar-refractivity contribution >= 4 is 17.5 Å². The minimum atomic E-state index is -4.57. The summed E-state index contributed by atoms with van der Waals surface area (Å²) in [5, 5.41) is 6.16. The summed E-state index contributed by atoms with van der Waals surface area (Å²) >= 11 is 0. The number of nitrogens with one attached hydrogen (secondary N) is 2. The van der Waals surface area contributed by atoms with Crippen molar-refractivity contribution in [3.63, 3.8) is 0 Å². The van der Waals surface area contributed by atoms with E-state index in [0.29, 0.717) is 30.0 Å². The first-order chi connectivity index (χ1) is 20.4. The van der Waals surface area contributed by atoms with Crippen molar-refractivity contribution in [2.75, 3.05) is 11.9 Å². The lowest BCUT2D eigenvalue weighted by molar-refractivity contribution is -0.138. The Balaban J connectivity index is 1.66. The van der Waals surface area contributed by atoms with Crippen LogP contribution in [0.5, 0.6) is 0 Å². The molecule has 0 spiro atoms. The molecule has 1 aliphatic heterocycles. The van der Waals surface area contributed by atoms with Crippen LogP contribution in [0.15, 0.2) is 72.5 Å². The molecular formula is C34H39F4N3O2. The summed E-state index contributed by atoms with van der Waals surface area (Å²) in [4.78, 5) is 29.0. The number of anilines is 1. The van der Waals surface area contributed by atoms with Crippen LogP contribution < -0.4 is 10.6 Å². The number of hydrogen-bond donors (Lipinski definition) is 2. The zero-order valence-electron chi connectivity index (χ0n) is 24.9. The number of carbonyl (C=O) groups excluding carboxylic acids is 2. The predicted molar refractivity (Wildman–Crippen MR) is 161 cm³/mol. The van der Waals surface area contributed by atoms with Gasteiger partial charge in [0.2, 0.25) is 5.91 Å². The summed E-state index contributed by atoms with van der Waals surface area (Å²) in [6, 6.07) is 7.58. The zero-order chi connectivity index (χ0) is 31.3. The average molecular weight is 598 g/mol. The van der Waals surface area contributed by atoms with Crippen molar-refractivity contribution < 1.29 is 27.2 Å². The highest BCUT2D eigenvalue weighted by atomic mass is 19.4. The van der Waals surface area contributed by atoms with Gasteiger partial charge in [0.25, 0.3) is 5.91 Å². The molecular weight excluding hydrogens is 558 g/mol. The Kier molecular flexibility index (Phi) is 10.1. The minimum Gasteiger partial charge on any atom is -0.383 e. The van der Waals surface area contributed by atoms with Gasteiger partial charge in [-0.3, -0.25) is 9.59 Å². The molecule has 230 valence electrons. The molecule has 0 unspecified atom stereocenters. The summed E-state index contributed by atoms with van der Waals surface area (Å²) in [5.41, 5.74) is 0.958. The number of likely N-dealkylation sites (tertiary alicyclic amines) is 1. The van der Waals surface area contributed by atoms with Crippen LogP contribution in [0.4, 0.5) is 23.2 Å². The number of halogens is 4. The maximum Gasteiger partial charge on any atom is 0.416 e. The Morgan fingerprint density at radius 1 is 1.00 bits per heavy atom. The van der Waals surface area contributed by atoms with E-state index in [2.05, 4.69) is 17.2 Å². The normalized spacial score (nSPS) is 20.0. The summed E-state index contributed by atoms with van der Waals surface area (Å²) in [6.45, 7) is 9.42. The second-order valence-electron chi connectivity index (χ2n) is 11.4. The van der Waals surface area contributed by atoms with Gasteiger partial charge in [0, 0.05) is 24.0 Å². The third-order valence-electron chi connectivity index (χ3n) is 8.37. The van der Waals surface area contributed by atoms with Crippen LogP contribution in [-0.4, -0.2) is 35.3 Å². The molecule has 5 nitrogen and oxygen atoms in total. The van der Waals surface area contributed by atoms with E-state index in [-0.39, 0.29) is 23.4 Å². The van der Waals surface area contributed by atoms with Gasteiger partial charge in [-0.25, -0.2) is 4.39 Å². The summed E-state index contributed by atoms with van der Waals surface area (Å²) in [6.07, 6.45) is 6.31. The van der Waals surface area contributed by atoms with Gasteiger partial charge in [-0.1, -0.05) is 49.8 Å². The van der Waals surface area contributed by atoms with Crippen LogP contribution in [0, 0.1) is 25.6 Å². The first kappa shape index (κ1) is 32.0. The highest BCUT2D eigenvalue weighted by Crippen LogP contribution is 2.35. The Hall–Kier alpha value is -3.88. The van der Waals surface area contributed by atoms with E-state index in [0.717, 1.165) is 24.6 Å². The monoisotopic (exact) mass is 597 g/mol. The lowest BCUT2D eigenvalue weighted by Crippen LogP contribution is -2.52. The molecule has 2 N–H and O–H groups in total. The molecule has 1 saturated carbocycles. The smallest absolute Gasteiger partial charge is 0.383 e. The molecule has 2 aromatic rings. The van der Waals surface area contributed by atoms with Crippen molar-refractivity contribution in [2.24, 2.45) is 5.92 Å². The number of rotatable bonds is 8. The van der Waals surface area contributed by atoms with Gasteiger partial charge in [-0.15, -0.1) is 0 Å². The molecule has 2 fully saturated rings. The molecule has 1 saturated heterocycles. The average Bonchev–Trinajstić information content (AvgIpc) is 3.48. The largest absolute Gasteiger partial charge is 0.416 e. The molecule has 0 aromatic heterocycles. The van der Waals surface area contributed by atoms with E-state index < -0.39 is 41.3 Å². The lowest BCUT2D eigenvalue weighted by atomic mass is 9.83. The second kappa shape index (κ2) is 13.6. The number of amides is 2. The molecule has 1 aliphatic carbocycles. The fraction of sp³-hybridized carbons (Fsp3) is 0.412. The molecule has 0 radical (unpaired) electrons. The quantitative estimate of drug-likeness (QED) is 0.241. The highest BCUT2D eigenvalue weighted by molar-refractivity contribution is 5.98. The van der Waals surface area contributed by atoms with Gasteiger partial charge in [0.15, 0.2) is 0 Å². The van der Waals surface area contributed by atoms with Crippen LogP contribution in [0.25, 0.3) is 0 Å². The van der Waals surface area contributed by atoms with Crippen molar-refractivity contribution in [2.45, 2.75) is 77.6 Å². The number of piperidine rings is 1. The Labute approximate surface area is 250 Å². The van der Waals surface area contributed by atoms with Gasteiger partial charge in [-0.2, -0.15) is 13.2 Å². The Morgan fingerprint density at radius 2 is 1.72 bits per heavy atom. The lowest BCUT2D eigenvalue weighted by Gasteiger charge is -2.41.